The molecule has 6 heteroatoms. The minimum absolute atomic E-state index is 0.223. The predicted octanol–water partition coefficient (Wildman–Crippen LogP) is 4.42. The maximum atomic E-state index is 12.3. The molecule has 1 aromatic heterocycles. The fraction of sp³-hybridized carbons (Fsp3) is 0.556. The summed E-state index contributed by atoms with van der Waals surface area (Å²) in [5.74, 6) is 0. The molecule has 130 valence electrons. The lowest BCUT2D eigenvalue weighted by Crippen LogP contribution is -2.46. The number of nitrogens with one attached hydrogen (secondary N) is 1. The minimum Gasteiger partial charge on any atom is -0.444 e. The third-order valence-corrected chi connectivity index (χ3v) is 4.89. The summed E-state index contributed by atoms with van der Waals surface area (Å²) in [6, 6.07) is 6.53. The topological polar surface area (TPSA) is 54.5 Å². The highest BCUT2D eigenvalue weighted by molar-refractivity contribution is 7.18. The lowest BCUT2D eigenvalue weighted by Gasteiger charge is -2.34. The van der Waals surface area contributed by atoms with Gasteiger partial charge < -0.3 is 15.0 Å². The zero-order chi connectivity index (χ0) is 17.3. The Morgan fingerprint density at radius 1 is 1.42 bits per heavy atom. The van der Waals surface area contributed by atoms with Crippen LogP contribution in [0.4, 0.5) is 10.5 Å². The molecule has 1 amide bonds. The van der Waals surface area contributed by atoms with E-state index in [-0.39, 0.29) is 12.1 Å². The zero-order valence-corrected chi connectivity index (χ0v) is 15.6. The number of carbonyl (C=O) groups excluding carboxylic acids is 1. The van der Waals surface area contributed by atoms with Crippen LogP contribution >= 0.6 is 11.3 Å². The summed E-state index contributed by atoms with van der Waals surface area (Å²) >= 11 is 1.71. The average Bonchev–Trinajstić information content (AvgIpc) is 2.85. The van der Waals surface area contributed by atoms with Crippen molar-refractivity contribution < 1.29 is 9.53 Å². The van der Waals surface area contributed by atoms with Crippen LogP contribution in [-0.2, 0) is 4.74 Å². The van der Waals surface area contributed by atoms with E-state index in [0.29, 0.717) is 6.54 Å². The number of thiazole rings is 1. The van der Waals surface area contributed by atoms with E-state index < -0.39 is 5.60 Å². The lowest BCUT2D eigenvalue weighted by molar-refractivity contribution is 0.0206. The maximum absolute atomic E-state index is 12.3. The number of aromatic nitrogens is 1. The number of fused-ring (bicyclic) bond motifs is 1. The van der Waals surface area contributed by atoms with Crippen molar-refractivity contribution in [2.75, 3.05) is 18.4 Å². The third-order valence-electron chi connectivity index (χ3n) is 3.94. The van der Waals surface area contributed by atoms with E-state index in [1.165, 1.54) is 4.70 Å². The molecular formula is C18H25N3O2S. The predicted molar refractivity (Wildman–Crippen MR) is 98.8 cm³/mol. The number of anilines is 1. The molecule has 1 aliphatic rings. The van der Waals surface area contributed by atoms with Crippen molar-refractivity contribution in [3.63, 3.8) is 0 Å². The Kier molecular flexibility index (Phi) is 4.67. The highest BCUT2D eigenvalue weighted by atomic mass is 32.1. The summed E-state index contributed by atoms with van der Waals surface area (Å²) in [7, 11) is 0. The van der Waals surface area contributed by atoms with Gasteiger partial charge in [-0.15, -0.1) is 11.3 Å². The minimum atomic E-state index is -0.453. The number of piperidine rings is 1. The first-order valence-corrected chi connectivity index (χ1v) is 9.23. The van der Waals surface area contributed by atoms with E-state index in [0.717, 1.165) is 35.6 Å². The Morgan fingerprint density at radius 3 is 2.96 bits per heavy atom. The van der Waals surface area contributed by atoms with E-state index in [1.807, 2.05) is 27.7 Å². The van der Waals surface area contributed by atoms with Crippen LogP contribution in [0.3, 0.4) is 0 Å². The van der Waals surface area contributed by atoms with Crippen molar-refractivity contribution in [3.8, 4) is 0 Å². The number of amides is 1. The Balaban J connectivity index is 1.64. The molecule has 2 heterocycles. The van der Waals surface area contributed by atoms with Gasteiger partial charge in [0.1, 0.15) is 5.60 Å². The molecule has 0 aliphatic carbocycles. The fourth-order valence-electron chi connectivity index (χ4n) is 2.96. The molecule has 5 nitrogen and oxygen atoms in total. The molecule has 0 saturated carbocycles. The van der Waals surface area contributed by atoms with Gasteiger partial charge in [-0.1, -0.05) is 0 Å². The molecule has 1 unspecified atom stereocenters. The van der Waals surface area contributed by atoms with Crippen LogP contribution < -0.4 is 5.32 Å². The number of benzene rings is 1. The molecule has 1 aliphatic heterocycles. The van der Waals surface area contributed by atoms with Gasteiger partial charge in [0, 0.05) is 24.8 Å². The van der Waals surface area contributed by atoms with Crippen molar-refractivity contribution >= 4 is 33.3 Å². The Hall–Kier alpha value is -1.82. The standard InChI is InChI=1S/C18H25N3O2S/c1-12-19-15-10-13(7-8-16(15)24-12)20-14-6-5-9-21(11-14)17(22)23-18(2,3)4/h7-8,10,14,20H,5-6,9,11H2,1-4H3. The molecule has 1 N–H and O–H groups in total. The zero-order valence-electron chi connectivity index (χ0n) is 14.8. The number of hydrogen-bond acceptors (Lipinski definition) is 5. The second kappa shape index (κ2) is 6.59. The molecule has 1 saturated heterocycles. The summed E-state index contributed by atoms with van der Waals surface area (Å²) in [5, 5.41) is 4.62. The monoisotopic (exact) mass is 347 g/mol. The van der Waals surface area contributed by atoms with Gasteiger partial charge in [-0.2, -0.15) is 0 Å². The van der Waals surface area contributed by atoms with Crippen molar-refractivity contribution in [3.05, 3.63) is 23.2 Å². The lowest BCUT2D eigenvalue weighted by atomic mass is 10.1. The van der Waals surface area contributed by atoms with Crippen LogP contribution in [-0.4, -0.2) is 40.7 Å². The molecule has 24 heavy (non-hydrogen) atoms. The van der Waals surface area contributed by atoms with E-state index in [2.05, 4.69) is 28.5 Å². The molecule has 0 radical (unpaired) electrons. The number of ether oxygens (including phenoxy) is 1. The summed E-state index contributed by atoms with van der Waals surface area (Å²) in [4.78, 5) is 18.6. The van der Waals surface area contributed by atoms with Gasteiger partial charge in [-0.3, -0.25) is 0 Å². The molecule has 2 aromatic rings. The molecule has 1 aromatic carbocycles. The van der Waals surface area contributed by atoms with Gasteiger partial charge in [-0.05, 0) is 58.7 Å². The molecule has 3 rings (SSSR count). The third kappa shape index (κ3) is 4.17. The summed E-state index contributed by atoms with van der Waals surface area (Å²) in [6.07, 6.45) is 1.81. The summed E-state index contributed by atoms with van der Waals surface area (Å²) < 4.78 is 6.69. The van der Waals surface area contributed by atoms with Crippen LogP contribution in [0, 0.1) is 6.92 Å². The van der Waals surface area contributed by atoms with Gasteiger partial charge >= 0.3 is 6.09 Å². The second-order valence-corrected chi connectivity index (χ2v) is 8.56. The van der Waals surface area contributed by atoms with E-state index >= 15 is 0 Å². The second-order valence-electron chi connectivity index (χ2n) is 7.33. The molecule has 0 spiro atoms. The number of nitrogens with zero attached hydrogens (tertiary/aromatic N) is 2. The maximum Gasteiger partial charge on any atom is 0.410 e. The molecule has 1 atom stereocenters. The van der Waals surface area contributed by atoms with Crippen molar-refractivity contribution in [2.45, 2.75) is 52.2 Å². The number of rotatable bonds is 2. The highest BCUT2D eigenvalue weighted by Crippen LogP contribution is 2.26. The van der Waals surface area contributed by atoms with Gasteiger partial charge in [-0.25, -0.2) is 9.78 Å². The Bertz CT molecular complexity index is 735. The van der Waals surface area contributed by atoms with Gasteiger partial charge in [0.15, 0.2) is 0 Å². The summed E-state index contributed by atoms with van der Waals surface area (Å²) in [5.41, 5.74) is 1.64. The van der Waals surface area contributed by atoms with E-state index in [9.17, 15) is 4.79 Å². The smallest absolute Gasteiger partial charge is 0.410 e. The SMILES string of the molecule is Cc1nc2cc(NC3CCCN(C(=O)OC(C)(C)C)C3)ccc2s1. The van der Waals surface area contributed by atoms with Crippen LogP contribution in [0.2, 0.25) is 0 Å². The van der Waals surface area contributed by atoms with E-state index in [1.54, 1.807) is 16.2 Å². The quantitative estimate of drug-likeness (QED) is 0.874. The number of aryl methyl sites for hydroxylation is 1. The summed E-state index contributed by atoms with van der Waals surface area (Å²) in [6.45, 7) is 9.15. The Labute approximate surface area is 147 Å². The Morgan fingerprint density at radius 2 is 2.21 bits per heavy atom. The van der Waals surface area contributed by atoms with E-state index in [4.69, 9.17) is 4.74 Å². The fourth-order valence-corrected chi connectivity index (χ4v) is 3.76. The first-order valence-electron chi connectivity index (χ1n) is 8.42. The van der Waals surface area contributed by atoms with Gasteiger partial charge in [0.2, 0.25) is 0 Å². The van der Waals surface area contributed by atoms with Crippen molar-refractivity contribution in [1.29, 1.82) is 0 Å². The highest BCUT2D eigenvalue weighted by Gasteiger charge is 2.27. The first-order chi connectivity index (χ1) is 11.3. The van der Waals surface area contributed by atoms with Crippen LogP contribution in [0.5, 0.6) is 0 Å². The van der Waals surface area contributed by atoms with Crippen LogP contribution in [0.15, 0.2) is 18.2 Å². The van der Waals surface area contributed by atoms with Crippen molar-refractivity contribution in [1.82, 2.24) is 9.88 Å². The number of hydrogen-bond donors (Lipinski definition) is 1. The number of likely N-dealkylation sites (tertiary alicyclic amines) is 1. The van der Waals surface area contributed by atoms with Gasteiger partial charge in [0.05, 0.1) is 15.2 Å². The van der Waals surface area contributed by atoms with Gasteiger partial charge in [0.25, 0.3) is 0 Å². The van der Waals surface area contributed by atoms with Crippen molar-refractivity contribution in [2.24, 2.45) is 0 Å². The largest absolute Gasteiger partial charge is 0.444 e. The molecule has 1 fully saturated rings. The average molecular weight is 347 g/mol. The normalized spacial score (nSPS) is 18.7. The van der Waals surface area contributed by atoms with Crippen LogP contribution in [0.1, 0.15) is 38.6 Å². The molecular weight excluding hydrogens is 322 g/mol. The molecule has 0 bridgehead atoms. The van der Waals surface area contributed by atoms with Crippen LogP contribution in [0.25, 0.3) is 10.2 Å². The number of carbonyl (C=O) groups is 1. The first kappa shape index (κ1) is 17.0.